The molecule has 1 atom stereocenters. The third kappa shape index (κ3) is 8.41. The second-order valence-electron chi connectivity index (χ2n) is 10.8. The van der Waals surface area contributed by atoms with E-state index >= 15 is 4.39 Å². The number of methoxy groups -OCH3 is 2. The van der Waals surface area contributed by atoms with Crippen LogP contribution < -0.4 is 25.3 Å². The summed E-state index contributed by atoms with van der Waals surface area (Å²) < 4.78 is 38.7. The van der Waals surface area contributed by atoms with E-state index in [2.05, 4.69) is 30.4 Å². The van der Waals surface area contributed by atoms with Crippen molar-refractivity contribution in [2.75, 3.05) is 39.4 Å². The smallest absolute Gasteiger partial charge is 0.435 e. The number of ether oxygens (including phenoxy) is 4. The quantitative estimate of drug-likeness (QED) is 0.154. The second kappa shape index (κ2) is 14.4. The summed E-state index contributed by atoms with van der Waals surface area (Å²) in [6.07, 6.45) is 2.27. The van der Waals surface area contributed by atoms with Crippen LogP contribution in [-0.2, 0) is 4.74 Å². The summed E-state index contributed by atoms with van der Waals surface area (Å²) >= 11 is 0. The summed E-state index contributed by atoms with van der Waals surface area (Å²) in [6.45, 7) is 5.52. The maximum atomic E-state index is 16.0. The number of rotatable bonds is 12. The number of nitrogens with one attached hydrogen (secondary N) is 1. The van der Waals surface area contributed by atoms with E-state index in [1.807, 2.05) is 20.8 Å². The molecule has 1 amide bonds. The number of anilines is 1. The van der Waals surface area contributed by atoms with E-state index < -0.39 is 18.0 Å². The maximum Gasteiger partial charge on any atom is 0.435 e. The molecule has 45 heavy (non-hydrogen) atoms. The standard InChI is InChI=1S/C30H35FN8O6/c1-30(2,3)17-45-29(41)36-25(32)18-7-9-19(10-8-18)35-24(21-15-20(42-4)16-22(23(21)31)44-14-13-40)26-37-28(43-5)39(38-26)27-33-11-6-12-34-27/h6-12,15-16,24,35,40H,13-14,17H2,1-5H3,(H2,32,36,41). The number of carbonyl (C=O) groups is 1. The lowest BCUT2D eigenvalue weighted by atomic mass is 9.99. The van der Waals surface area contributed by atoms with Gasteiger partial charge in [-0.25, -0.2) is 19.2 Å². The molecular formula is C30H35FN8O6. The minimum Gasteiger partial charge on any atom is -0.497 e. The molecule has 1 unspecified atom stereocenters. The van der Waals surface area contributed by atoms with Gasteiger partial charge in [0.05, 0.1) is 27.4 Å². The fraction of sp³-hybridized carbons (Fsp3) is 0.333. The number of nitrogens with zero attached hydrogens (tertiary/aromatic N) is 6. The van der Waals surface area contributed by atoms with Crippen molar-refractivity contribution in [2.45, 2.75) is 26.8 Å². The van der Waals surface area contributed by atoms with Crippen molar-refractivity contribution in [3.8, 4) is 23.5 Å². The molecule has 2 aromatic carbocycles. The van der Waals surface area contributed by atoms with Gasteiger partial charge in [-0.2, -0.15) is 9.98 Å². The number of nitrogens with two attached hydrogens (primary N) is 1. The second-order valence-corrected chi connectivity index (χ2v) is 10.8. The molecule has 238 valence electrons. The molecule has 15 heteroatoms. The van der Waals surface area contributed by atoms with Gasteiger partial charge in [0.25, 0.3) is 5.95 Å². The highest BCUT2D eigenvalue weighted by atomic mass is 19.1. The van der Waals surface area contributed by atoms with Crippen LogP contribution in [0.25, 0.3) is 5.95 Å². The molecule has 0 radical (unpaired) electrons. The van der Waals surface area contributed by atoms with E-state index in [0.717, 1.165) is 0 Å². The molecule has 0 fully saturated rings. The Kier molecular flexibility index (Phi) is 10.5. The number of hydrogen-bond acceptors (Lipinski definition) is 11. The average Bonchev–Trinajstić information content (AvgIpc) is 3.47. The minimum absolute atomic E-state index is 0.0328. The molecule has 0 bridgehead atoms. The zero-order chi connectivity index (χ0) is 32.6. The van der Waals surface area contributed by atoms with Crippen LogP contribution >= 0.6 is 0 Å². The number of halogens is 1. The molecule has 2 aromatic heterocycles. The number of amidine groups is 1. The first kappa shape index (κ1) is 32.6. The SMILES string of the molecule is COc1cc(OCCO)c(F)c(C(Nc2ccc(C(N)=NC(=O)OCC(C)(C)C)cc2)c2nc(OC)n(-c3ncccn3)n2)c1. The lowest BCUT2D eigenvalue weighted by Gasteiger charge is -2.21. The number of aliphatic hydroxyl groups excluding tert-OH is 1. The Hall–Kier alpha value is -5.31. The lowest BCUT2D eigenvalue weighted by molar-refractivity contribution is 0.115. The maximum absolute atomic E-state index is 16.0. The van der Waals surface area contributed by atoms with Gasteiger partial charge >= 0.3 is 12.1 Å². The molecule has 4 rings (SSSR count). The van der Waals surface area contributed by atoms with Gasteiger partial charge in [0.1, 0.15) is 24.2 Å². The molecule has 14 nitrogen and oxygen atoms in total. The van der Waals surface area contributed by atoms with Crippen molar-refractivity contribution in [3.05, 3.63) is 77.6 Å². The van der Waals surface area contributed by atoms with Crippen molar-refractivity contribution in [1.82, 2.24) is 24.7 Å². The van der Waals surface area contributed by atoms with E-state index in [-0.39, 0.29) is 60.2 Å². The predicted molar refractivity (Wildman–Crippen MR) is 162 cm³/mol. The number of aromatic nitrogens is 5. The fourth-order valence-corrected chi connectivity index (χ4v) is 3.94. The first-order valence-electron chi connectivity index (χ1n) is 13.8. The minimum atomic E-state index is -1.03. The molecule has 0 spiro atoms. The van der Waals surface area contributed by atoms with Gasteiger partial charge in [-0.15, -0.1) is 9.78 Å². The molecule has 0 aliphatic heterocycles. The van der Waals surface area contributed by atoms with E-state index in [0.29, 0.717) is 17.0 Å². The number of carbonyl (C=O) groups excluding carboxylic acids is 1. The molecule has 4 N–H and O–H groups in total. The highest BCUT2D eigenvalue weighted by molar-refractivity contribution is 6.02. The first-order chi connectivity index (χ1) is 21.5. The zero-order valence-corrected chi connectivity index (χ0v) is 25.5. The lowest BCUT2D eigenvalue weighted by Crippen LogP contribution is -2.20. The van der Waals surface area contributed by atoms with Crippen molar-refractivity contribution >= 4 is 17.6 Å². The predicted octanol–water partition coefficient (Wildman–Crippen LogP) is 3.67. The summed E-state index contributed by atoms with van der Waals surface area (Å²) in [7, 11) is 2.84. The Morgan fingerprint density at radius 1 is 1.13 bits per heavy atom. The van der Waals surface area contributed by atoms with Crippen LogP contribution in [-0.4, -0.2) is 75.8 Å². The number of aliphatic imine (C=N–C) groups is 1. The largest absolute Gasteiger partial charge is 0.497 e. The van der Waals surface area contributed by atoms with Crippen molar-refractivity contribution in [1.29, 1.82) is 0 Å². The summed E-state index contributed by atoms with van der Waals surface area (Å²) in [6, 6.07) is 10.1. The molecule has 2 heterocycles. The van der Waals surface area contributed by atoms with Gasteiger partial charge in [0.2, 0.25) is 0 Å². The number of hydrogen-bond donors (Lipinski definition) is 3. The van der Waals surface area contributed by atoms with E-state index in [1.165, 1.54) is 43.4 Å². The fourth-order valence-electron chi connectivity index (χ4n) is 3.94. The molecule has 0 aliphatic carbocycles. The molecule has 0 saturated carbocycles. The van der Waals surface area contributed by atoms with E-state index in [9.17, 15) is 9.90 Å². The van der Waals surface area contributed by atoms with Crippen molar-refractivity contribution in [2.24, 2.45) is 16.1 Å². The first-order valence-corrected chi connectivity index (χ1v) is 13.8. The average molecular weight is 623 g/mol. The van der Waals surface area contributed by atoms with E-state index in [1.54, 1.807) is 30.3 Å². The normalized spacial score (nSPS) is 12.4. The Morgan fingerprint density at radius 3 is 2.47 bits per heavy atom. The van der Waals surface area contributed by atoms with Crippen LogP contribution in [0.3, 0.4) is 0 Å². The Bertz CT molecular complexity index is 1620. The highest BCUT2D eigenvalue weighted by Gasteiger charge is 2.28. The summed E-state index contributed by atoms with van der Waals surface area (Å²) in [5, 5.41) is 17.0. The van der Waals surface area contributed by atoms with Crippen LogP contribution in [0.2, 0.25) is 0 Å². The summed E-state index contributed by atoms with van der Waals surface area (Å²) in [5.74, 6) is -0.317. The van der Waals surface area contributed by atoms with Gasteiger partial charge in [0, 0.05) is 35.3 Å². The number of amides is 1. The van der Waals surface area contributed by atoms with Crippen molar-refractivity contribution < 1.29 is 33.2 Å². The third-order valence-corrected chi connectivity index (χ3v) is 6.04. The topological polar surface area (TPSA) is 181 Å². The summed E-state index contributed by atoms with van der Waals surface area (Å²) in [5.41, 5.74) is 6.88. The van der Waals surface area contributed by atoms with Crippen molar-refractivity contribution in [3.63, 3.8) is 0 Å². The number of benzene rings is 2. The molecule has 4 aromatic rings. The third-order valence-electron chi connectivity index (χ3n) is 6.04. The zero-order valence-electron chi connectivity index (χ0n) is 25.5. The molecule has 0 aliphatic rings. The monoisotopic (exact) mass is 622 g/mol. The van der Waals surface area contributed by atoms with Crippen LogP contribution in [0.5, 0.6) is 17.5 Å². The van der Waals surface area contributed by atoms with Crippen LogP contribution in [0.4, 0.5) is 14.9 Å². The van der Waals surface area contributed by atoms with Crippen LogP contribution in [0.15, 0.2) is 59.9 Å². The van der Waals surface area contributed by atoms with Crippen LogP contribution in [0.1, 0.15) is 43.8 Å². The van der Waals surface area contributed by atoms with Gasteiger partial charge in [-0.1, -0.05) is 20.8 Å². The summed E-state index contributed by atoms with van der Waals surface area (Å²) in [4.78, 5) is 28.8. The van der Waals surface area contributed by atoms with Crippen LogP contribution in [0, 0.1) is 11.2 Å². The van der Waals surface area contributed by atoms with Gasteiger partial charge in [-0.3, -0.25) is 0 Å². The highest BCUT2D eigenvalue weighted by Crippen LogP contribution is 2.36. The van der Waals surface area contributed by atoms with Gasteiger partial charge in [-0.05, 0) is 41.8 Å². The molecular weight excluding hydrogens is 587 g/mol. The Balaban J connectivity index is 1.73. The van der Waals surface area contributed by atoms with Gasteiger partial charge in [0.15, 0.2) is 17.4 Å². The van der Waals surface area contributed by atoms with Gasteiger partial charge < -0.3 is 35.1 Å². The van der Waals surface area contributed by atoms with E-state index in [4.69, 9.17) is 24.7 Å². The molecule has 0 saturated heterocycles. The Labute approximate surface area is 259 Å². The number of aliphatic hydroxyl groups is 1. The Morgan fingerprint density at radius 2 is 1.84 bits per heavy atom.